The Labute approximate surface area is 142 Å². The van der Waals surface area contributed by atoms with Crippen LogP contribution in [0.2, 0.25) is 0 Å². The van der Waals surface area contributed by atoms with Crippen molar-refractivity contribution in [2.24, 2.45) is 5.92 Å². The number of hydrogen-bond donors (Lipinski definition) is 2. The van der Waals surface area contributed by atoms with E-state index in [0.29, 0.717) is 37.0 Å². The normalized spacial score (nSPS) is 23.4. The molecule has 2 rings (SSSR count). The number of hydrogen-bond acceptors (Lipinski definition) is 5. The molecule has 0 atom stereocenters. The van der Waals surface area contributed by atoms with Crippen LogP contribution in [0.3, 0.4) is 0 Å². The van der Waals surface area contributed by atoms with Crippen LogP contribution in [0.25, 0.3) is 0 Å². The molecule has 1 aromatic carbocycles. The number of nitrogens with one attached hydrogen (secondary N) is 1. The fourth-order valence-electron chi connectivity index (χ4n) is 3.07. The van der Waals surface area contributed by atoms with Gasteiger partial charge in [0.1, 0.15) is 5.75 Å². The summed E-state index contributed by atoms with van der Waals surface area (Å²) < 4.78 is 9.96. The van der Waals surface area contributed by atoms with Gasteiger partial charge in [0.15, 0.2) is 0 Å². The Balaban J connectivity index is 1.95. The molecule has 1 aliphatic carbocycles. The van der Waals surface area contributed by atoms with Gasteiger partial charge >= 0.3 is 5.97 Å². The van der Waals surface area contributed by atoms with Crippen LogP contribution < -0.4 is 10.1 Å². The summed E-state index contributed by atoms with van der Waals surface area (Å²) >= 11 is 0. The number of aliphatic hydroxyl groups is 1. The molecule has 6 heteroatoms. The monoisotopic (exact) mass is 335 g/mol. The zero-order chi connectivity index (χ0) is 17.7. The van der Waals surface area contributed by atoms with E-state index in [2.05, 4.69) is 5.32 Å². The van der Waals surface area contributed by atoms with Gasteiger partial charge in [-0.15, -0.1) is 0 Å². The summed E-state index contributed by atoms with van der Waals surface area (Å²) in [5, 5.41) is 13.4. The molecule has 0 aliphatic heterocycles. The van der Waals surface area contributed by atoms with Crippen molar-refractivity contribution in [1.29, 1.82) is 0 Å². The molecule has 1 aromatic rings. The fraction of sp³-hybridized carbons (Fsp3) is 0.556. The Kier molecular flexibility index (Phi) is 5.83. The predicted octanol–water partition coefficient (Wildman–Crippen LogP) is 1.83. The fourth-order valence-corrected chi connectivity index (χ4v) is 3.07. The van der Waals surface area contributed by atoms with Crippen LogP contribution >= 0.6 is 0 Å². The number of rotatable bonds is 5. The molecule has 1 fully saturated rings. The van der Waals surface area contributed by atoms with E-state index in [4.69, 9.17) is 9.47 Å². The molecule has 2 N–H and O–H groups in total. The molecule has 0 saturated heterocycles. The maximum absolute atomic E-state index is 12.4. The quantitative estimate of drug-likeness (QED) is 0.802. The number of benzene rings is 1. The van der Waals surface area contributed by atoms with Crippen molar-refractivity contribution in [2.75, 3.05) is 20.8 Å². The molecule has 6 nitrogen and oxygen atoms in total. The van der Waals surface area contributed by atoms with Crippen LogP contribution in [0.1, 0.15) is 41.6 Å². The summed E-state index contributed by atoms with van der Waals surface area (Å²) in [6.45, 7) is 2.05. The first kappa shape index (κ1) is 18.3. The maximum atomic E-state index is 12.4. The summed E-state index contributed by atoms with van der Waals surface area (Å²) in [6.07, 6.45) is 2.04. The van der Waals surface area contributed by atoms with Gasteiger partial charge in [0.2, 0.25) is 0 Å². The zero-order valence-electron chi connectivity index (χ0n) is 14.4. The van der Waals surface area contributed by atoms with Crippen molar-refractivity contribution in [3.63, 3.8) is 0 Å². The van der Waals surface area contributed by atoms with Gasteiger partial charge in [0.25, 0.3) is 5.91 Å². The van der Waals surface area contributed by atoms with Gasteiger partial charge in [-0.1, -0.05) is 11.6 Å². The Morgan fingerprint density at radius 3 is 2.54 bits per heavy atom. The van der Waals surface area contributed by atoms with E-state index in [1.165, 1.54) is 14.2 Å². The summed E-state index contributed by atoms with van der Waals surface area (Å²) in [6, 6.07) is 5.38. The minimum absolute atomic E-state index is 0.150. The second kappa shape index (κ2) is 7.66. The molecule has 1 saturated carbocycles. The Hall–Kier alpha value is -2.08. The summed E-state index contributed by atoms with van der Waals surface area (Å²) in [5.41, 5.74) is 0.416. The van der Waals surface area contributed by atoms with Crippen molar-refractivity contribution < 1.29 is 24.2 Å². The average Bonchev–Trinajstić information content (AvgIpc) is 2.59. The number of esters is 1. The average molecular weight is 335 g/mol. The SMILES string of the molecule is COC(=O)C1CCC(O)(CNC(=O)c2cc(C)ccc2OC)CC1. The van der Waals surface area contributed by atoms with Crippen molar-refractivity contribution in [1.82, 2.24) is 5.32 Å². The van der Waals surface area contributed by atoms with Gasteiger partial charge in [-0.25, -0.2) is 0 Å². The molecule has 0 unspecified atom stereocenters. The highest BCUT2D eigenvalue weighted by atomic mass is 16.5. The smallest absolute Gasteiger partial charge is 0.308 e. The Morgan fingerprint density at radius 2 is 1.96 bits per heavy atom. The molecular formula is C18H25NO5. The topological polar surface area (TPSA) is 84.9 Å². The van der Waals surface area contributed by atoms with Crippen LogP contribution in [0.4, 0.5) is 0 Å². The molecule has 1 aliphatic rings. The molecule has 132 valence electrons. The zero-order valence-corrected chi connectivity index (χ0v) is 14.4. The van der Waals surface area contributed by atoms with Gasteiger partial charge in [0.05, 0.1) is 31.3 Å². The molecule has 24 heavy (non-hydrogen) atoms. The first-order valence-corrected chi connectivity index (χ1v) is 8.11. The van der Waals surface area contributed by atoms with Gasteiger partial charge < -0.3 is 19.9 Å². The minimum atomic E-state index is -0.989. The maximum Gasteiger partial charge on any atom is 0.308 e. The predicted molar refractivity (Wildman–Crippen MR) is 89.0 cm³/mol. The molecule has 1 amide bonds. The van der Waals surface area contributed by atoms with Crippen LogP contribution in [-0.2, 0) is 9.53 Å². The van der Waals surface area contributed by atoms with Gasteiger partial charge in [-0.2, -0.15) is 0 Å². The highest BCUT2D eigenvalue weighted by Gasteiger charge is 2.36. The highest BCUT2D eigenvalue weighted by molar-refractivity contribution is 5.97. The summed E-state index contributed by atoms with van der Waals surface area (Å²) in [4.78, 5) is 23.9. The van der Waals surface area contributed by atoms with Gasteiger partial charge in [-0.3, -0.25) is 9.59 Å². The highest BCUT2D eigenvalue weighted by Crippen LogP contribution is 2.32. The van der Waals surface area contributed by atoms with Crippen LogP contribution in [0.5, 0.6) is 5.75 Å². The lowest BCUT2D eigenvalue weighted by Gasteiger charge is -2.35. The number of carbonyl (C=O) groups is 2. The number of ether oxygens (including phenoxy) is 2. The van der Waals surface area contributed by atoms with Crippen LogP contribution in [0, 0.1) is 12.8 Å². The Morgan fingerprint density at radius 1 is 1.29 bits per heavy atom. The number of carbonyl (C=O) groups excluding carboxylic acids is 2. The minimum Gasteiger partial charge on any atom is -0.496 e. The van der Waals surface area contributed by atoms with E-state index in [9.17, 15) is 14.7 Å². The molecule has 0 bridgehead atoms. The van der Waals surface area contributed by atoms with E-state index >= 15 is 0 Å². The third-order valence-electron chi connectivity index (χ3n) is 4.63. The first-order valence-electron chi connectivity index (χ1n) is 8.11. The third-order valence-corrected chi connectivity index (χ3v) is 4.63. The molecule has 0 spiro atoms. The van der Waals surface area contributed by atoms with Crippen LogP contribution in [-0.4, -0.2) is 43.3 Å². The lowest BCUT2D eigenvalue weighted by atomic mass is 9.78. The van der Waals surface area contributed by atoms with Crippen molar-refractivity contribution in [3.8, 4) is 5.75 Å². The van der Waals surface area contributed by atoms with Crippen molar-refractivity contribution in [2.45, 2.75) is 38.2 Å². The molecule has 0 radical (unpaired) electrons. The first-order chi connectivity index (χ1) is 11.4. The summed E-state index contributed by atoms with van der Waals surface area (Å²) in [5.74, 6) is -0.174. The number of methoxy groups -OCH3 is 2. The molecule has 0 aromatic heterocycles. The standard InChI is InChI=1S/C18H25NO5/c1-12-4-5-15(23-2)14(10-12)16(20)19-11-18(22)8-6-13(7-9-18)17(21)24-3/h4-5,10,13,22H,6-9,11H2,1-3H3,(H,19,20). The van der Waals surface area contributed by atoms with E-state index in [1.807, 2.05) is 13.0 Å². The summed E-state index contributed by atoms with van der Waals surface area (Å²) in [7, 11) is 2.89. The van der Waals surface area contributed by atoms with E-state index < -0.39 is 5.60 Å². The van der Waals surface area contributed by atoms with E-state index in [1.54, 1.807) is 12.1 Å². The van der Waals surface area contributed by atoms with E-state index in [0.717, 1.165) is 5.56 Å². The molecular weight excluding hydrogens is 310 g/mol. The van der Waals surface area contributed by atoms with Gasteiger partial charge in [0, 0.05) is 6.54 Å². The van der Waals surface area contributed by atoms with Crippen molar-refractivity contribution >= 4 is 11.9 Å². The number of aryl methyl sites for hydroxylation is 1. The second-order valence-corrected chi connectivity index (χ2v) is 6.41. The number of amides is 1. The van der Waals surface area contributed by atoms with Crippen LogP contribution in [0.15, 0.2) is 18.2 Å². The largest absolute Gasteiger partial charge is 0.496 e. The third kappa shape index (κ3) is 4.26. The molecule has 0 heterocycles. The van der Waals surface area contributed by atoms with Crippen molar-refractivity contribution in [3.05, 3.63) is 29.3 Å². The second-order valence-electron chi connectivity index (χ2n) is 6.41. The van der Waals surface area contributed by atoms with E-state index in [-0.39, 0.29) is 24.3 Å². The Bertz CT molecular complexity index is 605. The van der Waals surface area contributed by atoms with Gasteiger partial charge in [-0.05, 0) is 44.7 Å². The lowest BCUT2D eigenvalue weighted by Crippen LogP contribution is -2.46. The lowest BCUT2D eigenvalue weighted by molar-refractivity contribution is -0.148.